The highest BCUT2D eigenvalue weighted by Crippen LogP contribution is 2.39. The highest BCUT2D eigenvalue weighted by atomic mass is 14.9. The highest BCUT2D eigenvalue weighted by molar-refractivity contribution is 5.82. The van der Waals surface area contributed by atoms with Gasteiger partial charge in [-0.2, -0.15) is 0 Å². The second-order valence-electron chi connectivity index (χ2n) is 5.10. The smallest absolute Gasteiger partial charge is 0.0498 e. The molecule has 1 aromatic carbocycles. The minimum absolute atomic E-state index is 1.03. The topological polar surface area (TPSA) is 12.0 Å². The Kier molecular flexibility index (Phi) is 2.31. The molecule has 1 aliphatic heterocycles. The van der Waals surface area contributed by atoms with Crippen LogP contribution in [0.5, 0.6) is 0 Å². The summed E-state index contributed by atoms with van der Waals surface area (Å²) in [5.74, 6) is 0. The van der Waals surface area contributed by atoms with Gasteiger partial charge in [-0.1, -0.05) is 48.6 Å². The van der Waals surface area contributed by atoms with Crippen molar-refractivity contribution in [3.05, 3.63) is 88.7 Å². The molecule has 0 atom stereocenters. The first kappa shape index (κ1) is 10.6. The van der Waals surface area contributed by atoms with Crippen LogP contribution in [0.1, 0.15) is 17.5 Å². The van der Waals surface area contributed by atoms with Crippen molar-refractivity contribution in [2.75, 3.05) is 0 Å². The summed E-state index contributed by atoms with van der Waals surface area (Å²) in [6.07, 6.45) is 15.1. The highest BCUT2D eigenvalue weighted by Gasteiger charge is 2.25. The molecule has 3 aliphatic rings. The normalized spacial score (nSPS) is 23.4. The fraction of sp³-hybridized carbons (Fsp3) is 0.111. The van der Waals surface area contributed by atoms with Crippen LogP contribution in [-0.2, 0) is 6.42 Å². The van der Waals surface area contributed by atoms with Gasteiger partial charge >= 0.3 is 0 Å². The SMILES string of the molecule is C1=CC/C(=C2\C=CNC3=C2Cc2ccccc23)C=C1. The summed E-state index contributed by atoms with van der Waals surface area (Å²) in [6.45, 7) is 0. The van der Waals surface area contributed by atoms with Crippen LogP contribution in [0.15, 0.2) is 77.6 Å². The van der Waals surface area contributed by atoms with Crippen LogP contribution in [0, 0.1) is 0 Å². The summed E-state index contributed by atoms with van der Waals surface area (Å²) in [7, 11) is 0. The van der Waals surface area contributed by atoms with Gasteiger partial charge in [0.05, 0.1) is 0 Å². The first-order valence-corrected chi connectivity index (χ1v) is 6.75. The number of fused-ring (bicyclic) bond motifs is 2. The number of dihydropyridines is 1. The third-order valence-corrected chi connectivity index (χ3v) is 3.99. The van der Waals surface area contributed by atoms with Gasteiger partial charge in [0.15, 0.2) is 0 Å². The molecule has 4 rings (SSSR count). The molecule has 0 spiro atoms. The van der Waals surface area contributed by atoms with Gasteiger partial charge in [-0.3, -0.25) is 0 Å². The minimum atomic E-state index is 1.03. The quantitative estimate of drug-likeness (QED) is 0.731. The number of nitrogens with one attached hydrogen (secondary N) is 1. The zero-order valence-corrected chi connectivity index (χ0v) is 10.7. The van der Waals surface area contributed by atoms with E-state index in [0.29, 0.717) is 0 Å². The van der Waals surface area contributed by atoms with Crippen LogP contribution < -0.4 is 5.32 Å². The van der Waals surface area contributed by atoms with Gasteiger partial charge in [-0.15, -0.1) is 0 Å². The van der Waals surface area contributed by atoms with Crippen molar-refractivity contribution in [1.29, 1.82) is 0 Å². The van der Waals surface area contributed by atoms with E-state index in [2.05, 4.69) is 66.2 Å². The number of rotatable bonds is 0. The van der Waals surface area contributed by atoms with E-state index in [1.807, 2.05) is 0 Å². The Morgan fingerprint density at radius 1 is 1.00 bits per heavy atom. The fourth-order valence-corrected chi connectivity index (χ4v) is 3.08. The maximum atomic E-state index is 3.43. The van der Waals surface area contributed by atoms with Gasteiger partial charge in [0.1, 0.15) is 0 Å². The van der Waals surface area contributed by atoms with Crippen LogP contribution in [0.25, 0.3) is 5.70 Å². The van der Waals surface area contributed by atoms with Crippen molar-refractivity contribution < 1.29 is 0 Å². The second-order valence-corrected chi connectivity index (χ2v) is 5.10. The first-order valence-electron chi connectivity index (χ1n) is 6.75. The summed E-state index contributed by atoms with van der Waals surface area (Å²) in [5.41, 5.74) is 8.33. The number of benzene rings is 1. The van der Waals surface area contributed by atoms with Crippen molar-refractivity contribution in [2.24, 2.45) is 0 Å². The summed E-state index contributed by atoms with van der Waals surface area (Å²) in [6, 6.07) is 8.68. The predicted molar refractivity (Wildman–Crippen MR) is 79.3 cm³/mol. The maximum Gasteiger partial charge on any atom is 0.0498 e. The Bertz CT molecular complexity index is 696. The van der Waals surface area contributed by atoms with Crippen LogP contribution >= 0.6 is 0 Å². The molecule has 0 saturated carbocycles. The molecule has 0 bridgehead atoms. The van der Waals surface area contributed by atoms with Gasteiger partial charge < -0.3 is 5.32 Å². The second kappa shape index (κ2) is 4.13. The molecule has 0 amide bonds. The van der Waals surface area contributed by atoms with E-state index < -0.39 is 0 Å². The van der Waals surface area contributed by atoms with Crippen LogP contribution in [0.4, 0.5) is 0 Å². The lowest BCUT2D eigenvalue weighted by Gasteiger charge is -2.18. The van der Waals surface area contributed by atoms with Gasteiger partial charge in [-0.05, 0) is 34.8 Å². The standard InChI is InChI=1S/C18H15N/c1-2-6-13(7-3-1)15-10-11-19-18-16-9-5-4-8-14(16)12-17(15)18/h1-6,8-11,19H,7,12H2/b15-13+. The van der Waals surface area contributed by atoms with E-state index in [1.54, 1.807) is 0 Å². The number of allylic oxidation sites excluding steroid dienone is 8. The average Bonchev–Trinajstić information content (AvgIpc) is 2.87. The number of hydrogen-bond donors (Lipinski definition) is 1. The molecular formula is C18H15N. The van der Waals surface area contributed by atoms with E-state index in [4.69, 9.17) is 0 Å². The molecule has 2 aliphatic carbocycles. The molecule has 92 valence electrons. The molecular weight excluding hydrogens is 230 g/mol. The summed E-state index contributed by atoms with van der Waals surface area (Å²) < 4.78 is 0. The largest absolute Gasteiger partial charge is 0.361 e. The molecule has 0 fully saturated rings. The lowest BCUT2D eigenvalue weighted by Crippen LogP contribution is -2.10. The molecule has 0 aromatic heterocycles. The lowest BCUT2D eigenvalue weighted by molar-refractivity contribution is 1.11. The van der Waals surface area contributed by atoms with Crippen molar-refractivity contribution in [3.63, 3.8) is 0 Å². The van der Waals surface area contributed by atoms with E-state index >= 15 is 0 Å². The van der Waals surface area contributed by atoms with Crippen LogP contribution in [-0.4, -0.2) is 0 Å². The first-order chi connectivity index (χ1) is 9.43. The maximum absolute atomic E-state index is 3.43. The predicted octanol–water partition coefficient (Wildman–Crippen LogP) is 3.88. The van der Waals surface area contributed by atoms with Crippen LogP contribution in [0.2, 0.25) is 0 Å². The van der Waals surface area contributed by atoms with Crippen molar-refractivity contribution in [3.8, 4) is 0 Å². The average molecular weight is 245 g/mol. The van der Waals surface area contributed by atoms with Gasteiger partial charge in [0.25, 0.3) is 0 Å². The summed E-state index contributed by atoms with van der Waals surface area (Å²) >= 11 is 0. The third kappa shape index (κ3) is 1.62. The van der Waals surface area contributed by atoms with E-state index in [1.165, 1.54) is 33.5 Å². The van der Waals surface area contributed by atoms with E-state index in [9.17, 15) is 0 Å². The summed E-state index contributed by atoms with van der Waals surface area (Å²) in [4.78, 5) is 0. The molecule has 19 heavy (non-hydrogen) atoms. The van der Waals surface area contributed by atoms with Crippen LogP contribution in [0.3, 0.4) is 0 Å². The zero-order valence-electron chi connectivity index (χ0n) is 10.7. The molecule has 1 N–H and O–H groups in total. The van der Waals surface area contributed by atoms with E-state index in [-0.39, 0.29) is 0 Å². The van der Waals surface area contributed by atoms with Gasteiger partial charge in [0.2, 0.25) is 0 Å². The Morgan fingerprint density at radius 2 is 1.95 bits per heavy atom. The van der Waals surface area contributed by atoms with Crippen molar-refractivity contribution in [1.82, 2.24) is 5.32 Å². The Morgan fingerprint density at radius 3 is 2.84 bits per heavy atom. The third-order valence-electron chi connectivity index (χ3n) is 3.99. The van der Waals surface area contributed by atoms with Gasteiger partial charge in [0, 0.05) is 23.9 Å². The Hall–Kier alpha value is -2.28. The monoisotopic (exact) mass is 245 g/mol. The lowest BCUT2D eigenvalue weighted by atomic mass is 9.92. The minimum Gasteiger partial charge on any atom is -0.361 e. The molecule has 0 radical (unpaired) electrons. The molecule has 1 aromatic rings. The molecule has 0 unspecified atom stereocenters. The fourth-order valence-electron chi connectivity index (χ4n) is 3.08. The summed E-state index contributed by atoms with van der Waals surface area (Å²) in [5, 5.41) is 3.43. The molecule has 0 saturated heterocycles. The van der Waals surface area contributed by atoms with Gasteiger partial charge in [-0.25, -0.2) is 0 Å². The Balaban J connectivity index is 1.85. The molecule has 1 heterocycles. The van der Waals surface area contributed by atoms with E-state index in [0.717, 1.165) is 12.8 Å². The van der Waals surface area contributed by atoms with Crippen molar-refractivity contribution >= 4 is 5.70 Å². The zero-order chi connectivity index (χ0) is 12.7. The number of hydrogen-bond acceptors (Lipinski definition) is 1. The molecule has 1 nitrogen and oxygen atoms in total. The molecule has 1 heteroatoms. The van der Waals surface area contributed by atoms with Crippen molar-refractivity contribution in [2.45, 2.75) is 12.8 Å². The Labute approximate surface area is 113 Å².